The monoisotopic (exact) mass is 360 g/mol. The molecule has 1 unspecified atom stereocenters. The lowest BCUT2D eigenvalue weighted by molar-refractivity contribution is -0.143. The Labute approximate surface area is 154 Å². The average Bonchev–Trinajstić information content (AvgIpc) is 2.67. The van der Waals surface area contributed by atoms with E-state index >= 15 is 0 Å². The van der Waals surface area contributed by atoms with Crippen LogP contribution in [0, 0.1) is 5.92 Å². The number of likely N-dealkylation sites (tertiary alicyclic amines) is 1. The van der Waals surface area contributed by atoms with Gasteiger partial charge in [0, 0.05) is 26.2 Å². The van der Waals surface area contributed by atoms with E-state index in [0.29, 0.717) is 39.1 Å². The molecule has 1 saturated heterocycles. The predicted octanol–water partition coefficient (Wildman–Crippen LogP) is 2.98. The molecule has 3 rings (SSSR count). The SMILES string of the molecule is O=C(O)C1CCN(C(=O)NCCCOC2CCCc3ccccc32)CC1. The number of fused-ring (bicyclic) bond motifs is 1. The van der Waals surface area contributed by atoms with Gasteiger partial charge < -0.3 is 20.1 Å². The molecule has 2 aliphatic rings. The topological polar surface area (TPSA) is 78.9 Å². The zero-order chi connectivity index (χ0) is 18.4. The fourth-order valence-electron chi connectivity index (χ4n) is 3.82. The molecule has 6 nitrogen and oxygen atoms in total. The van der Waals surface area contributed by atoms with Gasteiger partial charge in [-0.1, -0.05) is 24.3 Å². The van der Waals surface area contributed by atoms with E-state index in [1.807, 2.05) is 0 Å². The summed E-state index contributed by atoms with van der Waals surface area (Å²) in [6, 6.07) is 8.38. The van der Waals surface area contributed by atoms with Crippen LogP contribution in [0.4, 0.5) is 4.79 Å². The second-order valence-corrected chi connectivity index (χ2v) is 7.14. The van der Waals surface area contributed by atoms with Crippen molar-refractivity contribution in [1.29, 1.82) is 0 Å². The Balaban J connectivity index is 1.33. The molecule has 1 fully saturated rings. The van der Waals surface area contributed by atoms with Crippen molar-refractivity contribution in [3.8, 4) is 0 Å². The van der Waals surface area contributed by atoms with Crippen LogP contribution in [0.15, 0.2) is 24.3 Å². The number of nitrogens with zero attached hydrogens (tertiary/aromatic N) is 1. The molecule has 1 atom stereocenters. The van der Waals surface area contributed by atoms with Gasteiger partial charge in [0.15, 0.2) is 0 Å². The van der Waals surface area contributed by atoms with Crippen molar-refractivity contribution in [2.45, 2.75) is 44.6 Å². The van der Waals surface area contributed by atoms with Gasteiger partial charge in [-0.05, 0) is 49.7 Å². The summed E-state index contributed by atoms with van der Waals surface area (Å²) in [5, 5.41) is 11.9. The third-order valence-electron chi connectivity index (χ3n) is 5.36. The summed E-state index contributed by atoms with van der Waals surface area (Å²) in [5.74, 6) is -1.07. The molecular formula is C20H28N2O4. The molecule has 1 aromatic carbocycles. The molecule has 0 spiro atoms. The summed E-state index contributed by atoms with van der Waals surface area (Å²) in [4.78, 5) is 24.8. The predicted molar refractivity (Wildman–Crippen MR) is 98.0 cm³/mol. The molecular weight excluding hydrogens is 332 g/mol. The number of benzene rings is 1. The van der Waals surface area contributed by atoms with E-state index in [2.05, 4.69) is 29.6 Å². The molecule has 2 N–H and O–H groups in total. The highest BCUT2D eigenvalue weighted by Crippen LogP contribution is 2.32. The van der Waals surface area contributed by atoms with Gasteiger partial charge in [0.1, 0.15) is 0 Å². The highest BCUT2D eigenvalue weighted by Gasteiger charge is 2.26. The number of ether oxygens (including phenoxy) is 1. The quantitative estimate of drug-likeness (QED) is 0.765. The van der Waals surface area contributed by atoms with Gasteiger partial charge in [-0.25, -0.2) is 4.79 Å². The number of aliphatic carboxylic acids is 1. The molecule has 1 aliphatic heterocycles. The standard InChI is InChI=1S/C20H28N2O4/c23-19(24)16-9-12-22(13-10-16)20(25)21-11-4-14-26-18-8-3-6-15-5-1-2-7-17(15)18/h1-2,5,7,16,18H,3-4,6,8-14H2,(H,21,25)(H,23,24). The van der Waals surface area contributed by atoms with E-state index in [0.717, 1.165) is 25.7 Å². The minimum absolute atomic E-state index is 0.100. The summed E-state index contributed by atoms with van der Waals surface area (Å²) in [5.41, 5.74) is 2.70. The van der Waals surface area contributed by atoms with Crippen LogP contribution in [-0.4, -0.2) is 48.2 Å². The van der Waals surface area contributed by atoms with Crippen LogP contribution in [0.2, 0.25) is 0 Å². The van der Waals surface area contributed by atoms with Crippen LogP contribution in [0.25, 0.3) is 0 Å². The van der Waals surface area contributed by atoms with Crippen molar-refractivity contribution in [1.82, 2.24) is 10.2 Å². The third-order valence-corrected chi connectivity index (χ3v) is 5.36. The smallest absolute Gasteiger partial charge is 0.317 e. The zero-order valence-corrected chi connectivity index (χ0v) is 15.2. The van der Waals surface area contributed by atoms with Crippen molar-refractivity contribution in [2.75, 3.05) is 26.2 Å². The van der Waals surface area contributed by atoms with Crippen molar-refractivity contribution in [3.63, 3.8) is 0 Å². The number of carboxylic acids is 1. The number of piperidine rings is 1. The molecule has 1 aromatic rings. The largest absolute Gasteiger partial charge is 0.481 e. The van der Waals surface area contributed by atoms with E-state index in [1.165, 1.54) is 11.1 Å². The van der Waals surface area contributed by atoms with Gasteiger partial charge in [0.2, 0.25) is 0 Å². The van der Waals surface area contributed by atoms with Crippen LogP contribution < -0.4 is 5.32 Å². The number of carboxylic acid groups (broad SMARTS) is 1. The fourth-order valence-corrected chi connectivity index (χ4v) is 3.82. The molecule has 0 bridgehead atoms. The second kappa shape index (κ2) is 9.03. The maximum Gasteiger partial charge on any atom is 0.317 e. The highest BCUT2D eigenvalue weighted by atomic mass is 16.5. The van der Waals surface area contributed by atoms with Crippen LogP contribution >= 0.6 is 0 Å². The van der Waals surface area contributed by atoms with Crippen LogP contribution in [-0.2, 0) is 16.0 Å². The van der Waals surface area contributed by atoms with E-state index in [1.54, 1.807) is 4.90 Å². The normalized spacial score (nSPS) is 20.5. The van der Waals surface area contributed by atoms with Gasteiger partial charge in [0.25, 0.3) is 0 Å². The lowest BCUT2D eigenvalue weighted by Gasteiger charge is -2.30. The first-order chi connectivity index (χ1) is 12.6. The Morgan fingerprint density at radius 3 is 2.73 bits per heavy atom. The van der Waals surface area contributed by atoms with Crippen molar-refractivity contribution in [2.24, 2.45) is 5.92 Å². The number of rotatable bonds is 6. The molecule has 0 radical (unpaired) electrons. The number of hydrogen-bond donors (Lipinski definition) is 2. The Morgan fingerprint density at radius 1 is 1.19 bits per heavy atom. The highest BCUT2D eigenvalue weighted by molar-refractivity contribution is 5.75. The molecule has 0 aromatic heterocycles. The van der Waals surface area contributed by atoms with Gasteiger partial charge in [0.05, 0.1) is 12.0 Å². The first-order valence-corrected chi connectivity index (χ1v) is 9.60. The maximum atomic E-state index is 12.1. The van der Waals surface area contributed by atoms with Gasteiger partial charge in [-0.2, -0.15) is 0 Å². The first-order valence-electron chi connectivity index (χ1n) is 9.60. The van der Waals surface area contributed by atoms with Crippen LogP contribution in [0.1, 0.15) is 49.3 Å². The number of aryl methyl sites for hydroxylation is 1. The molecule has 1 heterocycles. The summed E-state index contributed by atoms with van der Waals surface area (Å²) >= 11 is 0. The van der Waals surface area contributed by atoms with E-state index in [9.17, 15) is 9.59 Å². The van der Waals surface area contributed by atoms with Gasteiger partial charge >= 0.3 is 12.0 Å². The Bertz CT molecular complexity index is 626. The summed E-state index contributed by atoms with van der Waals surface area (Å²) in [7, 11) is 0. The summed E-state index contributed by atoms with van der Waals surface area (Å²) in [6.07, 6.45) is 5.36. The fraction of sp³-hybridized carbons (Fsp3) is 0.600. The van der Waals surface area contributed by atoms with E-state index in [-0.39, 0.29) is 18.1 Å². The van der Waals surface area contributed by atoms with Gasteiger partial charge in [-0.15, -0.1) is 0 Å². The second-order valence-electron chi connectivity index (χ2n) is 7.14. The molecule has 2 amide bonds. The van der Waals surface area contributed by atoms with Gasteiger partial charge in [-0.3, -0.25) is 4.79 Å². The lowest BCUT2D eigenvalue weighted by atomic mass is 9.89. The van der Waals surface area contributed by atoms with Crippen molar-refractivity contribution in [3.05, 3.63) is 35.4 Å². The number of nitrogens with one attached hydrogen (secondary N) is 1. The van der Waals surface area contributed by atoms with E-state index < -0.39 is 5.97 Å². The molecule has 0 saturated carbocycles. The zero-order valence-electron chi connectivity index (χ0n) is 15.2. The molecule has 26 heavy (non-hydrogen) atoms. The minimum Gasteiger partial charge on any atom is -0.481 e. The summed E-state index contributed by atoms with van der Waals surface area (Å²) in [6.45, 7) is 2.22. The Hall–Kier alpha value is -2.08. The van der Waals surface area contributed by atoms with Crippen molar-refractivity contribution >= 4 is 12.0 Å². The number of carbonyl (C=O) groups excluding carboxylic acids is 1. The number of hydrogen-bond acceptors (Lipinski definition) is 3. The average molecular weight is 360 g/mol. The Morgan fingerprint density at radius 2 is 1.96 bits per heavy atom. The van der Waals surface area contributed by atoms with E-state index in [4.69, 9.17) is 9.84 Å². The number of urea groups is 1. The number of amides is 2. The minimum atomic E-state index is -0.758. The van der Waals surface area contributed by atoms with Crippen LogP contribution in [0.5, 0.6) is 0 Å². The van der Waals surface area contributed by atoms with Crippen LogP contribution in [0.3, 0.4) is 0 Å². The van der Waals surface area contributed by atoms with Crippen molar-refractivity contribution < 1.29 is 19.4 Å². The third kappa shape index (κ3) is 4.75. The Kier molecular flexibility index (Phi) is 6.50. The number of carbonyl (C=O) groups is 2. The first kappa shape index (κ1) is 18.7. The molecule has 6 heteroatoms. The molecule has 1 aliphatic carbocycles. The lowest BCUT2D eigenvalue weighted by Crippen LogP contribution is -2.45. The molecule has 142 valence electrons. The maximum absolute atomic E-state index is 12.1. The summed E-state index contributed by atoms with van der Waals surface area (Å²) < 4.78 is 6.05.